The normalized spacial score (nSPS) is 18.9. The van der Waals surface area contributed by atoms with E-state index in [1.807, 2.05) is 41.2 Å². The van der Waals surface area contributed by atoms with E-state index in [4.69, 9.17) is 4.74 Å². The average Bonchev–Trinajstić information content (AvgIpc) is 3.19. The first-order chi connectivity index (χ1) is 14.9. The zero-order valence-electron chi connectivity index (χ0n) is 18.6. The van der Waals surface area contributed by atoms with E-state index in [0.717, 1.165) is 42.5 Å². The molecule has 3 aromatic rings. The molecular formula is C26H30N2O2Si. The lowest BCUT2D eigenvalue weighted by Crippen LogP contribution is -2.22. The third-order valence-corrected chi connectivity index (χ3v) is 6.74. The summed E-state index contributed by atoms with van der Waals surface area (Å²) in [5, 5.41) is 4.54. The molecule has 4 rings (SSSR count). The molecule has 0 saturated heterocycles. The Morgan fingerprint density at radius 1 is 1.13 bits per heavy atom. The van der Waals surface area contributed by atoms with Crippen molar-refractivity contribution < 1.29 is 9.53 Å². The fourth-order valence-corrected chi connectivity index (χ4v) is 4.64. The molecule has 0 bridgehead atoms. The Balaban J connectivity index is 1.43. The van der Waals surface area contributed by atoms with Crippen LogP contribution in [-0.2, 0) is 11.4 Å². The van der Waals surface area contributed by atoms with E-state index in [1.165, 1.54) is 5.56 Å². The van der Waals surface area contributed by atoms with E-state index in [0.29, 0.717) is 12.5 Å². The van der Waals surface area contributed by atoms with Crippen LogP contribution < -0.4 is 4.74 Å². The minimum atomic E-state index is -1.51. The lowest BCUT2D eigenvalue weighted by atomic mass is 9.77. The third kappa shape index (κ3) is 5.45. The summed E-state index contributed by atoms with van der Waals surface area (Å²) in [6, 6.07) is 14.2. The standard InChI is InChI=1S/C26H30N2O2Si/c1-31(2,3)16-14-26(29)22-11-9-21(10-12-22)24-18-27-28-15-13-23(17-25(24)28)30-19-20-7-5-4-6-8-20/h4-8,13,15,17-18,21-22H,9-12,19H2,1-3H3/t21-,22-. The highest BCUT2D eigenvalue weighted by molar-refractivity contribution is 6.84. The first kappa shape index (κ1) is 21.4. The number of carbonyl (C=O) groups excluding carboxylic acids is 1. The first-order valence-electron chi connectivity index (χ1n) is 11.1. The molecule has 0 amide bonds. The molecule has 1 saturated carbocycles. The SMILES string of the molecule is C[Si](C)(C)C#CC(=O)[C@H]1CC[C@H](c2cnn3ccc(OCc4ccccc4)cc23)CC1. The molecular weight excluding hydrogens is 400 g/mol. The van der Waals surface area contributed by atoms with Crippen LogP contribution in [0.1, 0.15) is 42.7 Å². The highest BCUT2D eigenvalue weighted by Gasteiger charge is 2.28. The van der Waals surface area contributed by atoms with Crippen LogP contribution in [0, 0.1) is 17.4 Å². The van der Waals surface area contributed by atoms with E-state index < -0.39 is 8.07 Å². The highest BCUT2D eigenvalue weighted by Crippen LogP contribution is 2.38. The molecule has 160 valence electrons. The van der Waals surface area contributed by atoms with Crippen molar-refractivity contribution in [3.63, 3.8) is 0 Å². The molecule has 31 heavy (non-hydrogen) atoms. The van der Waals surface area contributed by atoms with E-state index in [9.17, 15) is 4.79 Å². The number of carbonyl (C=O) groups is 1. The van der Waals surface area contributed by atoms with Gasteiger partial charge < -0.3 is 4.74 Å². The quantitative estimate of drug-likeness (QED) is 0.389. The van der Waals surface area contributed by atoms with Crippen molar-refractivity contribution in [3.05, 3.63) is 66.0 Å². The summed E-state index contributed by atoms with van der Waals surface area (Å²) in [6.45, 7) is 7.07. The first-order valence-corrected chi connectivity index (χ1v) is 14.6. The Labute approximate surface area is 185 Å². The zero-order chi connectivity index (χ0) is 21.8. The molecule has 2 aromatic heterocycles. The second-order valence-electron chi connectivity index (χ2n) is 9.48. The summed E-state index contributed by atoms with van der Waals surface area (Å²) < 4.78 is 7.94. The number of pyridine rings is 1. The van der Waals surface area contributed by atoms with Crippen molar-refractivity contribution in [2.24, 2.45) is 5.92 Å². The number of ether oxygens (including phenoxy) is 1. The Bertz CT molecular complexity index is 1110. The van der Waals surface area contributed by atoms with Crippen molar-refractivity contribution in [1.29, 1.82) is 0 Å². The molecule has 0 spiro atoms. The van der Waals surface area contributed by atoms with Gasteiger partial charge in [-0.3, -0.25) is 4.79 Å². The van der Waals surface area contributed by atoms with Crippen LogP contribution in [0.15, 0.2) is 54.9 Å². The Morgan fingerprint density at radius 3 is 2.58 bits per heavy atom. The second-order valence-corrected chi connectivity index (χ2v) is 14.2. The maximum absolute atomic E-state index is 12.5. The number of hydrogen-bond acceptors (Lipinski definition) is 3. The van der Waals surface area contributed by atoms with Crippen LogP contribution in [0.5, 0.6) is 5.75 Å². The van der Waals surface area contributed by atoms with Gasteiger partial charge in [-0.25, -0.2) is 4.52 Å². The molecule has 0 N–H and O–H groups in total. The number of nitrogens with zero attached hydrogens (tertiary/aromatic N) is 2. The van der Waals surface area contributed by atoms with E-state index in [1.54, 1.807) is 0 Å². The molecule has 0 aliphatic heterocycles. The lowest BCUT2D eigenvalue weighted by Gasteiger charge is -2.26. The molecule has 0 radical (unpaired) electrons. The molecule has 4 nitrogen and oxygen atoms in total. The molecule has 1 aromatic carbocycles. The van der Waals surface area contributed by atoms with Gasteiger partial charge >= 0.3 is 0 Å². The number of hydrogen-bond donors (Lipinski definition) is 0. The van der Waals surface area contributed by atoms with Gasteiger partial charge in [0.25, 0.3) is 0 Å². The van der Waals surface area contributed by atoms with E-state index in [-0.39, 0.29) is 11.7 Å². The van der Waals surface area contributed by atoms with Gasteiger partial charge in [-0.1, -0.05) is 50.0 Å². The number of Topliss-reactive ketones (excluding diaryl/α,β-unsaturated/α-hetero) is 1. The Hall–Kier alpha value is -2.84. The van der Waals surface area contributed by atoms with Crippen molar-refractivity contribution in [3.8, 4) is 17.2 Å². The van der Waals surface area contributed by atoms with Crippen molar-refractivity contribution in [2.45, 2.75) is 57.8 Å². The van der Waals surface area contributed by atoms with Gasteiger partial charge in [-0.2, -0.15) is 5.10 Å². The van der Waals surface area contributed by atoms with Crippen LogP contribution >= 0.6 is 0 Å². The number of rotatable bonds is 5. The average molecular weight is 431 g/mol. The van der Waals surface area contributed by atoms with Gasteiger partial charge in [0.2, 0.25) is 5.78 Å². The largest absolute Gasteiger partial charge is 0.489 e. The van der Waals surface area contributed by atoms with E-state index in [2.05, 4.69) is 54.4 Å². The number of ketones is 1. The van der Waals surface area contributed by atoms with Gasteiger partial charge in [-0.15, -0.1) is 5.54 Å². The lowest BCUT2D eigenvalue weighted by molar-refractivity contribution is -0.118. The molecule has 0 unspecified atom stereocenters. The van der Waals surface area contributed by atoms with Gasteiger partial charge in [0.15, 0.2) is 0 Å². The predicted octanol–water partition coefficient (Wildman–Crippen LogP) is 5.64. The minimum absolute atomic E-state index is 0.0895. The second kappa shape index (κ2) is 9.11. The fourth-order valence-electron chi connectivity index (χ4n) is 4.14. The van der Waals surface area contributed by atoms with Crippen LogP contribution in [-0.4, -0.2) is 23.5 Å². The van der Waals surface area contributed by atoms with E-state index >= 15 is 0 Å². The summed E-state index contributed by atoms with van der Waals surface area (Å²) >= 11 is 0. The summed E-state index contributed by atoms with van der Waals surface area (Å²) in [5.41, 5.74) is 6.72. The summed E-state index contributed by atoms with van der Waals surface area (Å²) in [7, 11) is -1.51. The van der Waals surface area contributed by atoms with Gasteiger partial charge in [0, 0.05) is 23.7 Å². The van der Waals surface area contributed by atoms with Crippen molar-refractivity contribution in [2.75, 3.05) is 0 Å². The summed E-state index contributed by atoms with van der Waals surface area (Å²) in [5.74, 6) is 4.45. The van der Waals surface area contributed by atoms with Gasteiger partial charge in [0.05, 0.1) is 11.7 Å². The van der Waals surface area contributed by atoms with Gasteiger partial charge in [-0.05, 0) is 49.2 Å². The van der Waals surface area contributed by atoms with Crippen molar-refractivity contribution >= 4 is 19.4 Å². The third-order valence-electron chi connectivity index (χ3n) is 5.87. The highest BCUT2D eigenvalue weighted by atomic mass is 28.3. The molecule has 1 aliphatic carbocycles. The van der Waals surface area contributed by atoms with Gasteiger partial charge in [0.1, 0.15) is 20.4 Å². The number of fused-ring (bicyclic) bond motifs is 1. The monoisotopic (exact) mass is 430 g/mol. The summed E-state index contributed by atoms with van der Waals surface area (Å²) in [6.07, 6.45) is 7.76. The van der Waals surface area contributed by atoms with Crippen molar-refractivity contribution in [1.82, 2.24) is 9.61 Å². The predicted molar refractivity (Wildman–Crippen MR) is 127 cm³/mol. The molecule has 0 atom stereocenters. The smallest absolute Gasteiger partial charge is 0.207 e. The van der Waals surface area contributed by atoms with Crippen LogP contribution in [0.25, 0.3) is 5.52 Å². The van der Waals surface area contributed by atoms with Crippen LogP contribution in [0.3, 0.4) is 0 Å². The summed E-state index contributed by atoms with van der Waals surface area (Å²) in [4.78, 5) is 12.5. The molecule has 2 heterocycles. The zero-order valence-corrected chi connectivity index (χ0v) is 19.6. The Kier molecular flexibility index (Phi) is 6.29. The molecule has 5 heteroatoms. The number of aromatic nitrogens is 2. The maximum Gasteiger partial charge on any atom is 0.207 e. The minimum Gasteiger partial charge on any atom is -0.489 e. The molecule has 1 fully saturated rings. The maximum atomic E-state index is 12.5. The number of benzene rings is 1. The Morgan fingerprint density at radius 2 is 1.87 bits per heavy atom. The molecule has 1 aliphatic rings. The topological polar surface area (TPSA) is 43.6 Å². The van der Waals surface area contributed by atoms with Crippen LogP contribution in [0.2, 0.25) is 19.6 Å². The van der Waals surface area contributed by atoms with Crippen LogP contribution in [0.4, 0.5) is 0 Å². The fraction of sp³-hybridized carbons (Fsp3) is 0.385.